The maximum Gasteiger partial charge on any atom is 0.0716 e. The van der Waals surface area contributed by atoms with Crippen LogP contribution in [0.25, 0.3) is 0 Å². The van der Waals surface area contributed by atoms with Crippen LogP contribution in [0.15, 0.2) is 29.6 Å². The lowest BCUT2D eigenvalue weighted by Crippen LogP contribution is -2.25. The van der Waals surface area contributed by atoms with E-state index in [9.17, 15) is 0 Å². The van der Waals surface area contributed by atoms with Gasteiger partial charge in [0.25, 0.3) is 0 Å². The number of hydrogen-bond donors (Lipinski definition) is 0. The fourth-order valence-corrected chi connectivity index (χ4v) is 4.32. The monoisotopic (exact) mass is 282 g/mol. The summed E-state index contributed by atoms with van der Waals surface area (Å²) >= 11 is 1.89. The Morgan fingerprint density at radius 1 is 1.10 bits per heavy atom. The predicted molar refractivity (Wildman–Crippen MR) is 91.1 cm³/mol. The standard InChI is InChI=1S/C18H23BS/c1-5-18(6-2,17-9-13(3)12-20-17)16-8-7-15(11-19)14(4)10-16/h7-10,12H,5-6,11H2,1-4H3. The zero-order chi connectivity index (χ0) is 14.8. The molecule has 0 spiro atoms. The molecule has 1 aromatic carbocycles. The van der Waals surface area contributed by atoms with Crippen molar-refractivity contribution in [3.8, 4) is 0 Å². The van der Waals surface area contributed by atoms with Gasteiger partial charge in [0.15, 0.2) is 0 Å². The van der Waals surface area contributed by atoms with Crippen molar-refractivity contribution in [1.29, 1.82) is 0 Å². The molecule has 0 N–H and O–H groups in total. The van der Waals surface area contributed by atoms with Crippen molar-refractivity contribution in [1.82, 2.24) is 0 Å². The lowest BCUT2D eigenvalue weighted by molar-refractivity contribution is 0.487. The summed E-state index contributed by atoms with van der Waals surface area (Å²) in [6, 6.07) is 9.16. The second kappa shape index (κ2) is 6.18. The van der Waals surface area contributed by atoms with Gasteiger partial charge in [0.2, 0.25) is 0 Å². The molecule has 2 heteroatoms. The lowest BCUT2D eigenvalue weighted by atomic mass is 9.73. The highest BCUT2D eigenvalue weighted by molar-refractivity contribution is 7.10. The van der Waals surface area contributed by atoms with Crippen LogP contribution in [-0.4, -0.2) is 7.85 Å². The fourth-order valence-electron chi connectivity index (χ4n) is 3.05. The number of aryl methyl sites for hydroxylation is 2. The van der Waals surface area contributed by atoms with Crippen LogP contribution < -0.4 is 0 Å². The van der Waals surface area contributed by atoms with Crippen molar-refractivity contribution < 1.29 is 0 Å². The van der Waals surface area contributed by atoms with Crippen LogP contribution in [0, 0.1) is 13.8 Å². The highest BCUT2D eigenvalue weighted by Crippen LogP contribution is 2.42. The molecular weight excluding hydrogens is 259 g/mol. The van der Waals surface area contributed by atoms with E-state index in [1.165, 1.54) is 27.1 Å². The Bertz CT molecular complexity index is 579. The van der Waals surface area contributed by atoms with Gasteiger partial charge in [0.1, 0.15) is 0 Å². The second-order valence-corrected chi connectivity index (χ2v) is 6.53. The highest BCUT2D eigenvalue weighted by Gasteiger charge is 2.32. The SMILES string of the molecule is [B]Cc1ccc(C(CC)(CC)c2cc(C)cs2)cc1C. The first-order chi connectivity index (χ1) is 9.57. The van der Waals surface area contributed by atoms with E-state index in [-0.39, 0.29) is 5.41 Å². The van der Waals surface area contributed by atoms with Gasteiger partial charge < -0.3 is 0 Å². The zero-order valence-electron chi connectivity index (χ0n) is 13.0. The van der Waals surface area contributed by atoms with Crippen LogP contribution >= 0.6 is 11.3 Å². The fraction of sp³-hybridized carbons (Fsp3) is 0.444. The Labute approximate surface area is 128 Å². The van der Waals surface area contributed by atoms with Crippen LogP contribution in [0.4, 0.5) is 0 Å². The van der Waals surface area contributed by atoms with Gasteiger partial charge in [-0.05, 0) is 54.8 Å². The van der Waals surface area contributed by atoms with E-state index in [1.54, 1.807) is 0 Å². The largest absolute Gasteiger partial charge is 0.148 e. The molecule has 0 saturated carbocycles. The van der Waals surface area contributed by atoms with Gasteiger partial charge in [-0.1, -0.05) is 43.9 Å². The molecule has 0 saturated heterocycles. The van der Waals surface area contributed by atoms with Crippen molar-refractivity contribution in [3.63, 3.8) is 0 Å². The molecule has 0 aliphatic rings. The van der Waals surface area contributed by atoms with E-state index in [0.717, 1.165) is 12.8 Å². The quantitative estimate of drug-likeness (QED) is 0.666. The first-order valence-corrected chi connectivity index (χ1v) is 8.31. The predicted octanol–water partition coefficient (Wildman–Crippen LogP) is 5.14. The summed E-state index contributed by atoms with van der Waals surface area (Å²) < 4.78 is 0. The van der Waals surface area contributed by atoms with E-state index < -0.39 is 0 Å². The minimum absolute atomic E-state index is 0.150. The summed E-state index contributed by atoms with van der Waals surface area (Å²) in [6.45, 7) is 8.94. The van der Waals surface area contributed by atoms with Gasteiger partial charge >= 0.3 is 0 Å². The van der Waals surface area contributed by atoms with E-state index in [2.05, 4.69) is 57.3 Å². The zero-order valence-corrected chi connectivity index (χ0v) is 13.8. The number of hydrogen-bond acceptors (Lipinski definition) is 1. The number of rotatable bonds is 5. The van der Waals surface area contributed by atoms with E-state index in [1.807, 2.05) is 11.3 Å². The van der Waals surface area contributed by atoms with E-state index in [0.29, 0.717) is 6.32 Å². The maximum atomic E-state index is 5.79. The van der Waals surface area contributed by atoms with E-state index >= 15 is 0 Å². The third-order valence-electron chi connectivity index (χ3n) is 4.52. The van der Waals surface area contributed by atoms with Crippen molar-refractivity contribution in [3.05, 3.63) is 56.8 Å². The Balaban J connectivity index is 2.55. The first kappa shape index (κ1) is 15.4. The van der Waals surface area contributed by atoms with Crippen LogP contribution in [0.1, 0.15) is 53.8 Å². The minimum Gasteiger partial charge on any atom is -0.148 e. The van der Waals surface area contributed by atoms with Crippen molar-refractivity contribution in [2.75, 3.05) is 0 Å². The van der Waals surface area contributed by atoms with Crippen LogP contribution in [-0.2, 0) is 11.7 Å². The first-order valence-electron chi connectivity index (χ1n) is 7.43. The van der Waals surface area contributed by atoms with Gasteiger partial charge in [-0.2, -0.15) is 0 Å². The Morgan fingerprint density at radius 3 is 2.25 bits per heavy atom. The van der Waals surface area contributed by atoms with Crippen molar-refractivity contribution in [2.45, 2.75) is 52.3 Å². The average molecular weight is 282 g/mol. The number of thiophene rings is 1. The van der Waals surface area contributed by atoms with Gasteiger partial charge in [0, 0.05) is 10.3 Å². The third-order valence-corrected chi connectivity index (χ3v) is 5.78. The second-order valence-electron chi connectivity index (χ2n) is 5.62. The normalized spacial score (nSPS) is 11.8. The van der Waals surface area contributed by atoms with Crippen molar-refractivity contribution in [2.24, 2.45) is 0 Å². The van der Waals surface area contributed by atoms with Crippen LogP contribution in [0.5, 0.6) is 0 Å². The van der Waals surface area contributed by atoms with Gasteiger partial charge in [-0.25, -0.2) is 0 Å². The summed E-state index contributed by atoms with van der Waals surface area (Å²) in [4.78, 5) is 1.49. The molecule has 20 heavy (non-hydrogen) atoms. The molecule has 0 amide bonds. The summed E-state index contributed by atoms with van der Waals surface area (Å²) in [5, 5.41) is 2.26. The summed E-state index contributed by atoms with van der Waals surface area (Å²) in [6.07, 6.45) is 2.88. The topological polar surface area (TPSA) is 0 Å². The molecule has 1 aromatic heterocycles. The molecule has 0 fully saturated rings. The van der Waals surface area contributed by atoms with Gasteiger partial charge in [0.05, 0.1) is 7.85 Å². The molecule has 0 aliphatic heterocycles. The molecule has 2 aromatic rings. The molecule has 0 aliphatic carbocycles. The Hall–Kier alpha value is -1.02. The van der Waals surface area contributed by atoms with Crippen LogP contribution in [0.2, 0.25) is 0 Å². The smallest absolute Gasteiger partial charge is 0.0716 e. The van der Waals surface area contributed by atoms with Crippen LogP contribution in [0.3, 0.4) is 0 Å². The molecule has 0 unspecified atom stereocenters. The number of benzene rings is 1. The molecule has 2 rings (SSSR count). The molecule has 1 heterocycles. The molecule has 0 bridgehead atoms. The third kappa shape index (κ3) is 2.58. The molecule has 2 radical (unpaired) electrons. The average Bonchev–Trinajstić information content (AvgIpc) is 2.88. The lowest BCUT2D eigenvalue weighted by Gasteiger charge is -2.32. The van der Waals surface area contributed by atoms with Gasteiger partial charge in [-0.15, -0.1) is 11.3 Å². The molecule has 0 atom stereocenters. The maximum absolute atomic E-state index is 5.79. The Morgan fingerprint density at radius 2 is 1.80 bits per heavy atom. The van der Waals surface area contributed by atoms with Gasteiger partial charge in [-0.3, -0.25) is 0 Å². The molecule has 0 nitrogen and oxygen atoms in total. The summed E-state index contributed by atoms with van der Waals surface area (Å²) in [7, 11) is 5.79. The summed E-state index contributed by atoms with van der Waals surface area (Å²) in [5.41, 5.74) is 5.50. The molecule has 104 valence electrons. The Kier molecular flexibility index (Phi) is 4.75. The highest BCUT2D eigenvalue weighted by atomic mass is 32.1. The molecular formula is C18H23BS. The van der Waals surface area contributed by atoms with E-state index in [4.69, 9.17) is 7.85 Å². The van der Waals surface area contributed by atoms with Crippen molar-refractivity contribution >= 4 is 19.2 Å². The minimum atomic E-state index is 0.150. The summed E-state index contributed by atoms with van der Waals surface area (Å²) in [5.74, 6) is 0.